The average Bonchev–Trinajstić information content (AvgIpc) is 3.10. The largest absolute Gasteiger partial charge is 0.508 e. The molecule has 3 amide bonds. The third kappa shape index (κ3) is 13.1. The number of benzene rings is 3. The first-order valence-corrected chi connectivity index (χ1v) is 19.2. The van der Waals surface area contributed by atoms with Crippen molar-refractivity contribution in [1.29, 1.82) is 0 Å². The van der Waals surface area contributed by atoms with Crippen LogP contribution < -0.4 is 21.5 Å². The van der Waals surface area contributed by atoms with Crippen molar-refractivity contribution >= 4 is 23.9 Å². The molecule has 0 saturated heterocycles. The lowest BCUT2D eigenvalue weighted by Gasteiger charge is -2.49. The van der Waals surface area contributed by atoms with E-state index in [-0.39, 0.29) is 31.6 Å². The number of aromatic hydroxyl groups is 1. The molecule has 0 heterocycles. The summed E-state index contributed by atoms with van der Waals surface area (Å²) in [6.07, 6.45) is -0.179. The summed E-state index contributed by atoms with van der Waals surface area (Å²) in [5.74, 6) is -1.67. The predicted molar refractivity (Wildman–Crippen MR) is 217 cm³/mol. The zero-order chi connectivity index (χ0) is 41.9. The molecule has 306 valence electrons. The summed E-state index contributed by atoms with van der Waals surface area (Å²) in [5, 5.41) is 12.6. The maximum atomic E-state index is 15.4. The summed E-state index contributed by atoms with van der Waals surface area (Å²) in [6.45, 7) is 16.3. The van der Waals surface area contributed by atoms with Gasteiger partial charge in [-0.1, -0.05) is 75.4 Å². The number of unbranched alkanes of at least 4 members (excludes halogenated alkanes) is 1. The summed E-state index contributed by atoms with van der Waals surface area (Å²) >= 11 is 0. The van der Waals surface area contributed by atoms with Crippen LogP contribution in [-0.2, 0) is 43.3 Å². The van der Waals surface area contributed by atoms with Crippen molar-refractivity contribution in [1.82, 2.24) is 10.2 Å². The summed E-state index contributed by atoms with van der Waals surface area (Å²) in [5.41, 5.74) is 9.81. The number of hydrogen-bond acceptors (Lipinski definition) is 10. The van der Waals surface area contributed by atoms with E-state index in [0.717, 1.165) is 4.90 Å². The standard InChI is InChI=1S/C44H62N4O8/c1-41(2,3)44(25-13-14-26-45,39(52)54-29-32-15-11-10-12-16-32)48(40(53)56-43(7,8)9)38(51)36(28-31-19-23-34(24-20-31)55-42(4,5)6)47-37(50)35(46)27-30-17-21-33(49)22-18-30/h10-12,15-24,35-36,49H,13-14,25-29,45-46H2,1-9H3,(H,47,50)/t35-,36-,44-/m0/s1. The topological polar surface area (TPSA) is 184 Å². The van der Waals surface area contributed by atoms with Crippen LogP contribution in [0.1, 0.15) is 98.3 Å². The van der Waals surface area contributed by atoms with Gasteiger partial charge in [-0.15, -0.1) is 0 Å². The summed E-state index contributed by atoms with van der Waals surface area (Å²) in [7, 11) is 0. The molecule has 0 bridgehead atoms. The van der Waals surface area contributed by atoms with Gasteiger partial charge in [0.2, 0.25) is 5.91 Å². The van der Waals surface area contributed by atoms with Crippen molar-refractivity contribution < 1.29 is 38.5 Å². The van der Waals surface area contributed by atoms with Gasteiger partial charge in [-0.2, -0.15) is 0 Å². The van der Waals surface area contributed by atoms with Gasteiger partial charge in [0.05, 0.1) is 6.04 Å². The maximum absolute atomic E-state index is 15.4. The van der Waals surface area contributed by atoms with Crippen LogP contribution in [-0.4, -0.2) is 69.3 Å². The van der Waals surface area contributed by atoms with Crippen molar-refractivity contribution in [3.63, 3.8) is 0 Å². The van der Waals surface area contributed by atoms with E-state index in [9.17, 15) is 19.5 Å². The molecule has 0 saturated carbocycles. The Bertz CT molecular complexity index is 1740. The lowest BCUT2D eigenvalue weighted by atomic mass is 9.69. The highest BCUT2D eigenvalue weighted by Crippen LogP contribution is 2.43. The molecule has 3 aromatic rings. The molecule has 56 heavy (non-hydrogen) atoms. The van der Waals surface area contributed by atoms with Gasteiger partial charge in [-0.3, -0.25) is 9.59 Å². The molecule has 3 rings (SSSR count). The number of rotatable bonds is 16. The lowest BCUT2D eigenvalue weighted by Crippen LogP contribution is -2.69. The normalized spacial score (nSPS) is 14.1. The smallest absolute Gasteiger partial charge is 0.418 e. The molecular weight excluding hydrogens is 713 g/mol. The number of imide groups is 1. The molecular formula is C44H62N4O8. The van der Waals surface area contributed by atoms with Gasteiger partial charge < -0.3 is 36.1 Å². The quantitative estimate of drug-likeness (QED) is 0.0915. The van der Waals surface area contributed by atoms with Crippen LogP contribution in [0.2, 0.25) is 0 Å². The first-order chi connectivity index (χ1) is 26.1. The number of phenolic OH excluding ortho intramolecular Hbond substituents is 1. The number of carbonyl (C=O) groups excluding carboxylic acids is 4. The average molecular weight is 775 g/mol. The highest BCUT2D eigenvalue weighted by molar-refractivity contribution is 6.03. The van der Waals surface area contributed by atoms with Crippen molar-refractivity contribution in [3.8, 4) is 11.5 Å². The Balaban J connectivity index is 2.20. The number of ether oxygens (including phenoxy) is 3. The SMILES string of the molecule is CC(C)(C)OC(=O)N(C(=O)[C@H](Cc1ccc(OC(C)(C)C)cc1)NC(=O)[C@@H](N)Cc1ccc(O)cc1)[C@@](CCCCN)(C(=O)OCc1ccccc1)C(C)(C)C. The Hall–Kier alpha value is -4.94. The molecule has 0 unspecified atom stereocenters. The fourth-order valence-electron chi connectivity index (χ4n) is 6.33. The van der Waals surface area contributed by atoms with Crippen LogP contribution in [0.4, 0.5) is 4.79 Å². The second-order valence-corrected chi connectivity index (χ2v) is 17.2. The zero-order valence-corrected chi connectivity index (χ0v) is 34.5. The van der Waals surface area contributed by atoms with Crippen molar-refractivity contribution in [3.05, 3.63) is 95.6 Å². The number of amides is 3. The first kappa shape index (κ1) is 45.4. The van der Waals surface area contributed by atoms with E-state index >= 15 is 4.79 Å². The van der Waals surface area contributed by atoms with Crippen LogP contribution >= 0.6 is 0 Å². The molecule has 3 aromatic carbocycles. The number of hydrogen-bond donors (Lipinski definition) is 4. The third-order valence-corrected chi connectivity index (χ3v) is 9.09. The summed E-state index contributed by atoms with van der Waals surface area (Å²) in [4.78, 5) is 59.5. The minimum Gasteiger partial charge on any atom is -0.508 e. The van der Waals surface area contributed by atoms with E-state index in [4.69, 9.17) is 25.7 Å². The van der Waals surface area contributed by atoms with Gasteiger partial charge in [-0.05, 0) is 120 Å². The van der Waals surface area contributed by atoms with Crippen LogP contribution in [0.25, 0.3) is 0 Å². The van der Waals surface area contributed by atoms with Gasteiger partial charge in [-0.25, -0.2) is 14.5 Å². The molecule has 6 N–H and O–H groups in total. The number of carbonyl (C=O) groups is 4. The summed E-state index contributed by atoms with van der Waals surface area (Å²) in [6, 6.07) is 19.9. The molecule has 0 aliphatic rings. The van der Waals surface area contributed by atoms with Crippen LogP contribution in [0, 0.1) is 5.41 Å². The fourth-order valence-corrected chi connectivity index (χ4v) is 6.33. The highest BCUT2D eigenvalue weighted by Gasteiger charge is 2.60. The van der Waals surface area contributed by atoms with Crippen LogP contribution in [0.15, 0.2) is 78.9 Å². The fraction of sp³-hybridized carbons (Fsp3) is 0.500. The molecule has 0 aliphatic heterocycles. The Morgan fingerprint density at radius 2 is 1.32 bits per heavy atom. The minimum atomic E-state index is -1.92. The van der Waals surface area contributed by atoms with Crippen LogP contribution in [0.5, 0.6) is 11.5 Å². The van der Waals surface area contributed by atoms with Gasteiger partial charge in [0.15, 0.2) is 5.54 Å². The van der Waals surface area contributed by atoms with Crippen molar-refractivity contribution in [2.24, 2.45) is 16.9 Å². The molecule has 0 spiro atoms. The second kappa shape index (κ2) is 19.3. The molecule has 0 aliphatic carbocycles. The summed E-state index contributed by atoms with van der Waals surface area (Å²) < 4.78 is 17.9. The van der Waals surface area contributed by atoms with E-state index in [1.165, 1.54) is 12.1 Å². The van der Waals surface area contributed by atoms with Gasteiger partial charge >= 0.3 is 12.1 Å². The van der Waals surface area contributed by atoms with Gasteiger partial charge in [0.25, 0.3) is 5.91 Å². The number of phenols is 1. The molecule has 0 radical (unpaired) electrons. The second-order valence-electron chi connectivity index (χ2n) is 17.2. The Kier molecular flexibility index (Phi) is 15.6. The van der Waals surface area contributed by atoms with Gasteiger partial charge in [0, 0.05) is 6.42 Å². The van der Waals surface area contributed by atoms with E-state index in [2.05, 4.69) is 5.32 Å². The Morgan fingerprint density at radius 1 is 0.750 bits per heavy atom. The number of nitrogens with zero attached hydrogens (tertiary/aromatic N) is 1. The molecule has 12 nitrogen and oxygen atoms in total. The van der Waals surface area contributed by atoms with Crippen molar-refractivity contribution in [2.75, 3.05) is 6.54 Å². The molecule has 12 heteroatoms. The monoisotopic (exact) mass is 774 g/mol. The number of nitrogens with two attached hydrogens (primary N) is 2. The van der Waals surface area contributed by atoms with E-state index in [0.29, 0.717) is 41.8 Å². The number of esters is 1. The Morgan fingerprint density at radius 3 is 1.86 bits per heavy atom. The van der Waals surface area contributed by atoms with E-state index in [1.54, 1.807) is 77.9 Å². The molecule has 0 fully saturated rings. The zero-order valence-electron chi connectivity index (χ0n) is 34.5. The minimum absolute atomic E-state index is 0.00613. The Labute approximate surface area is 332 Å². The third-order valence-electron chi connectivity index (χ3n) is 9.09. The first-order valence-electron chi connectivity index (χ1n) is 19.2. The van der Waals surface area contributed by atoms with E-state index in [1.807, 2.05) is 51.1 Å². The number of nitrogens with one attached hydrogen (secondary N) is 1. The van der Waals surface area contributed by atoms with Gasteiger partial charge in [0.1, 0.15) is 35.3 Å². The van der Waals surface area contributed by atoms with Crippen LogP contribution in [0.3, 0.4) is 0 Å². The maximum Gasteiger partial charge on any atom is 0.418 e. The highest BCUT2D eigenvalue weighted by atomic mass is 16.6. The molecule has 3 atom stereocenters. The lowest BCUT2D eigenvalue weighted by molar-refractivity contribution is -0.175. The molecule has 0 aromatic heterocycles. The van der Waals surface area contributed by atoms with Crippen molar-refractivity contribution in [2.45, 2.75) is 130 Å². The van der Waals surface area contributed by atoms with E-state index < -0.39 is 58.1 Å². The predicted octanol–water partition coefficient (Wildman–Crippen LogP) is 6.59.